The molecule has 100 valence electrons. The van der Waals surface area contributed by atoms with Gasteiger partial charge in [-0.2, -0.15) is 0 Å². The molecule has 0 radical (unpaired) electrons. The lowest BCUT2D eigenvalue weighted by Crippen LogP contribution is -2.03. The van der Waals surface area contributed by atoms with Crippen molar-refractivity contribution in [2.75, 3.05) is 12.4 Å². The van der Waals surface area contributed by atoms with Crippen LogP contribution in [0.4, 0.5) is 5.69 Å². The fraction of sp³-hybridized carbons (Fsp3) is 0.154. The predicted molar refractivity (Wildman–Crippen MR) is 79.6 cm³/mol. The Hall–Kier alpha value is -1.16. The molecule has 0 aliphatic heterocycles. The fourth-order valence-electron chi connectivity index (χ4n) is 1.56. The number of pyridine rings is 1. The van der Waals surface area contributed by atoms with Gasteiger partial charge in [0.25, 0.3) is 0 Å². The standard InChI is InChI=1S/C13H11Cl3N2O/c1-19-12-4-2-3-9(18-12)7-17-13-10(15)5-8(14)6-11(13)16/h2-6,17H,7H2,1H3. The van der Waals surface area contributed by atoms with Gasteiger partial charge in [0.2, 0.25) is 5.88 Å². The highest BCUT2D eigenvalue weighted by Crippen LogP contribution is 2.33. The monoisotopic (exact) mass is 316 g/mol. The molecule has 2 aromatic rings. The molecule has 19 heavy (non-hydrogen) atoms. The summed E-state index contributed by atoms with van der Waals surface area (Å²) in [5.74, 6) is 0.563. The van der Waals surface area contributed by atoms with E-state index in [2.05, 4.69) is 10.3 Å². The molecule has 0 aliphatic rings. The number of hydrogen-bond acceptors (Lipinski definition) is 3. The van der Waals surface area contributed by atoms with Gasteiger partial charge < -0.3 is 10.1 Å². The predicted octanol–water partition coefficient (Wildman–Crippen LogP) is 4.66. The Morgan fingerprint density at radius 1 is 1.16 bits per heavy atom. The molecular formula is C13H11Cl3N2O. The second-order valence-electron chi connectivity index (χ2n) is 3.77. The van der Waals surface area contributed by atoms with Crippen LogP contribution in [0.1, 0.15) is 5.69 Å². The Bertz CT molecular complexity index is 567. The van der Waals surface area contributed by atoms with Gasteiger partial charge in [-0.15, -0.1) is 0 Å². The maximum Gasteiger partial charge on any atom is 0.213 e. The van der Waals surface area contributed by atoms with E-state index in [0.717, 1.165) is 5.69 Å². The molecule has 1 aromatic carbocycles. The molecule has 0 amide bonds. The molecular weight excluding hydrogens is 307 g/mol. The fourth-order valence-corrected chi connectivity index (χ4v) is 2.51. The van der Waals surface area contributed by atoms with Crippen LogP contribution in [0.3, 0.4) is 0 Å². The van der Waals surface area contributed by atoms with E-state index in [-0.39, 0.29) is 0 Å². The molecule has 0 fully saturated rings. The Kier molecular flexibility index (Phi) is 4.75. The van der Waals surface area contributed by atoms with Crippen molar-refractivity contribution < 1.29 is 4.74 Å². The number of anilines is 1. The van der Waals surface area contributed by atoms with Crippen molar-refractivity contribution in [1.29, 1.82) is 0 Å². The van der Waals surface area contributed by atoms with E-state index in [9.17, 15) is 0 Å². The van der Waals surface area contributed by atoms with Crippen LogP contribution < -0.4 is 10.1 Å². The van der Waals surface area contributed by atoms with E-state index in [0.29, 0.717) is 33.2 Å². The van der Waals surface area contributed by atoms with E-state index < -0.39 is 0 Å². The van der Waals surface area contributed by atoms with Gasteiger partial charge in [0.15, 0.2) is 0 Å². The second-order valence-corrected chi connectivity index (χ2v) is 5.02. The molecule has 0 saturated heterocycles. The summed E-state index contributed by atoms with van der Waals surface area (Å²) in [5.41, 5.74) is 1.46. The number of benzene rings is 1. The van der Waals surface area contributed by atoms with Gasteiger partial charge in [0.1, 0.15) is 0 Å². The van der Waals surface area contributed by atoms with E-state index >= 15 is 0 Å². The van der Waals surface area contributed by atoms with Crippen molar-refractivity contribution in [3.05, 3.63) is 51.1 Å². The summed E-state index contributed by atoms with van der Waals surface area (Å²) in [6.45, 7) is 0.484. The molecule has 1 aromatic heterocycles. The summed E-state index contributed by atoms with van der Waals surface area (Å²) in [5, 5.41) is 4.58. The Balaban J connectivity index is 2.14. The first-order valence-corrected chi connectivity index (χ1v) is 6.62. The quantitative estimate of drug-likeness (QED) is 0.890. The third-order valence-electron chi connectivity index (χ3n) is 2.44. The molecule has 0 aliphatic carbocycles. The summed E-state index contributed by atoms with van der Waals surface area (Å²) < 4.78 is 5.06. The van der Waals surface area contributed by atoms with E-state index in [1.54, 1.807) is 25.3 Å². The van der Waals surface area contributed by atoms with Crippen molar-refractivity contribution in [3.63, 3.8) is 0 Å². The molecule has 0 unspecified atom stereocenters. The largest absolute Gasteiger partial charge is 0.481 e. The molecule has 0 spiro atoms. The topological polar surface area (TPSA) is 34.1 Å². The number of nitrogens with one attached hydrogen (secondary N) is 1. The Labute approximate surface area is 126 Å². The summed E-state index contributed by atoms with van der Waals surface area (Å²) in [6.07, 6.45) is 0. The zero-order valence-corrected chi connectivity index (χ0v) is 12.4. The molecule has 1 N–H and O–H groups in total. The third-order valence-corrected chi connectivity index (χ3v) is 3.26. The van der Waals surface area contributed by atoms with Crippen molar-refractivity contribution >= 4 is 40.5 Å². The molecule has 1 heterocycles. The summed E-state index contributed by atoms with van der Waals surface area (Å²) in [4.78, 5) is 4.29. The zero-order chi connectivity index (χ0) is 13.8. The number of hydrogen-bond donors (Lipinski definition) is 1. The first-order valence-electron chi connectivity index (χ1n) is 5.48. The van der Waals surface area contributed by atoms with Gasteiger partial charge in [-0.25, -0.2) is 4.98 Å². The summed E-state index contributed by atoms with van der Waals surface area (Å²) >= 11 is 18.0. The molecule has 0 saturated carbocycles. The highest BCUT2D eigenvalue weighted by atomic mass is 35.5. The van der Waals surface area contributed by atoms with Gasteiger partial charge in [0, 0.05) is 11.1 Å². The highest BCUT2D eigenvalue weighted by Gasteiger charge is 2.08. The van der Waals surface area contributed by atoms with Crippen LogP contribution in [-0.2, 0) is 6.54 Å². The lowest BCUT2D eigenvalue weighted by Gasteiger charge is -2.11. The maximum atomic E-state index is 6.08. The highest BCUT2D eigenvalue weighted by molar-refractivity contribution is 6.41. The lowest BCUT2D eigenvalue weighted by molar-refractivity contribution is 0.396. The second kappa shape index (κ2) is 6.33. The van der Waals surface area contributed by atoms with Crippen LogP contribution in [-0.4, -0.2) is 12.1 Å². The van der Waals surface area contributed by atoms with Crippen molar-refractivity contribution in [3.8, 4) is 5.88 Å². The minimum atomic E-state index is 0.473. The number of methoxy groups -OCH3 is 1. The number of aromatic nitrogens is 1. The number of rotatable bonds is 4. The SMILES string of the molecule is COc1cccc(CNc2c(Cl)cc(Cl)cc2Cl)n1. The number of halogens is 3. The molecule has 0 atom stereocenters. The molecule has 6 heteroatoms. The maximum absolute atomic E-state index is 6.08. The smallest absolute Gasteiger partial charge is 0.213 e. The average molecular weight is 318 g/mol. The summed E-state index contributed by atoms with van der Waals surface area (Å²) in [6, 6.07) is 8.81. The average Bonchev–Trinajstić information content (AvgIpc) is 2.37. The van der Waals surface area contributed by atoms with Gasteiger partial charge >= 0.3 is 0 Å². The van der Waals surface area contributed by atoms with E-state index in [1.165, 1.54) is 0 Å². The lowest BCUT2D eigenvalue weighted by atomic mass is 10.3. The zero-order valence-electron chi connectivity index (χ0n) is 10.1. The van der Waals surface area contributed by atoms with Crippen LogP contribution in [0.25, 0.3) is 0 Å². The van der Waals surface area contributed by atoms with Crippen molar-refractivity contribution in [2.24, 2.45) is 0 Å². The molecule has 2 rings (SSSR count). The van der Waals surface area contributed by atoms with Crippen LogP contribution >= 0.6 is 34.8 Å². The van der Waals surface area contributed by atoms with Crippen LogP contribution in [0.15, 0.2) is 30.3 Å². The van der Waals surface area contributed by atoms with Crippen LogP contribution in [0.2, 0.25) is 15.1 Å². The Morgan fingerprint density at radius 2 is 1.84 bits per heavy atom. The first kappa shape index (κ1) is 14.3. The number of ether oxygens (including phenoxy) is 1. The molecule has 3 nitrogen and oxygen atoms in total. The third kappa shape index (κ3) is 3.66. The normalized spacial score (nSPS) is 10.3. The van der Waals surface area contributed by atoms with Gasteiger partial charge in [-0.3, -0.25) is 0 Å². The molecule has 0 bridgehead atoms. The van der Waals surface area contributed by atoms with Gasteiger partial charge in [-0.05, 0) is 18.2 Å². The van der Waals surface area contributed by atoms with Crippen molar-refractivity contribution in [1.82, 2.24) is 4.98 Å². The minimum Gasteiger partial charge on any atom is -0.481 e. The Morgan fingerprint density at radius 3 is 2.47 bits per heavy atom. The van der Waals surface area contributed by atoms with Gasteiger partial charge in [0.05, 0.1) is 35.1 Å². The summed E-state index contributed by atoms with van der Waals surface area (Å²) in [7, 11) is 1.58. The first-order chi connectivity index (χ1) is 9.10. The minimum absolute atomic E-state index is 0.473. The van der Waals surface area contributed by atoms with Crippen LogP contribution in [0, 0.1) is 0 Å². The number of nitrogens with zero attached hydrogens (tertiary/aromatic N) is 1. The van der Waals surface area contributed by atoms with E-state index in [4.69, 9.17) is 39.5 Å². The van der Waals surface area contributed by atoms with Crippen molar-refractivity contribution in [2.45, 2.75) is 6.54 Å². The van der Waals surface area contributed by atoms with Crippen LogP contribution in [0.5, 0.6) is 5.88 Å². The van der Waals surface area contributed by atoms with Gasteiger partial charge in [-0.1, -0.05) is 40.9 Å². The van der Waals surface area contributed by atoms with E-state index in [1.807, 2.05) is 12.1 Å².